The number of hydrogen-bond acceptors (Lipinski definition) is 4. The van der Waals surface area contributed by atoms with Gasteiger partial charge in [-0.25, -0.2) is 4.79 Å². The van der Waals surface area contributed by atoms with Crippen LogP contribution in [-0.2, 0) is 9.53 Å². The van der Waals surface area contributed by atoms with Crippen LogP contribution < -0.4 is 5.32 Å². The van der Waals surface area contributed by atoms with Crippen molar-refractivity contribution in [3.05, 3.63) is 21.9 Å². The van der Waals surface area contributed by atoms with Crippen molar-refractivity contribution in [3.8, 4) is 0 Å². The topological polar surface area (TPSA) is 55.4 Å². The van der Waals surface area contributed by atoms with Gasteiger partial charge in [0.1, 0.15) is 4.88 Å². The maximum absolute atomic E-state index is 11.7. The van der Waals surface area contributed by atoms with Crippen LogP contribution in [0.3, 0.4) is 0 Å². The zero-order chi connectivity index (χ0) is 13.7. The van der Waals surface area contributed by atoms with Gasteiger partial charge in [-0.05, 0) is 36.8 Å². The normalized spacial score (nSPS) is 12.3. The summed E-state index contributed by atoms with van der Waals surface area (Å²) in [6.07, 6.45) is 0. The van der Waals surface area contributed by atoms with Gasteiger partial charge >= 0.3 is 5.97 Å². The second-order valence-electron chi connectivity index (χ2n) is 4.61. The minimum Gasteiger partial charge on any atom is -0.451 e. The van der Waals surface area contributed by atoms with Crippen LogP contribution in [0.15, 0.2) is 11.4 Å². The molecule has 0 bridgehead atoms. The molecule has 0 unspecified atom stereocenters. The SMILES string of the molecule is Cc1ccsc1C(=O)OCC(=O)N[C@@H](C)C(C)C. The van der Waals surface area contributed by atoms with Crippen molar-refractivity contribution in [2.24, 2.45) is 5.92 Å². The monoisotopic (exact) mass is 269 g/mol. The number of aryl methyl sites for hydroxylation is 1. The van der Waals surface area contributed by atoms with Crippen molar-refractivity contribution in [2.45, 2.75) is 33.7 Å². The van der Waals surface area contributed by atoms with Crippen LogP contribution in [0.1, 0.15) is 36.0 Å². The Labute approximate surface area is 111 Å². The first-order valence-electron chi connectivity index (χ1n) is 5.92. The maximum Gasteiger partial charge on any atom is 0.349 e. The highest BCUT2D eigenvalue weighted by atomic mass is 32.1. The predicted octanol–water partition coefficient (Wildman–Crippen LogP) is 2.37. The van der Waals surface area contributed by atoms with E-state index in [4.69, 9.17) is 4.74 Å². The van der Waals surface area contributed by atoms with E-state index >= 15 is 0 Å². The smallest absolute Gasteiger partial charge is 0.349 e. The van der Waals surface area contributed by atoms with Crippen molar-refractivity contribution in [1.29, 1.82) is 0 Å². The van der Waals surface area contributed by atoms with Crippen LogP contribution in [0.2, 0.25) is 0 Å². The van der Waals surface area contributed by atoms with Gasteiger partial charge in [0.05, 0.1) is 0 Å². The van der Waals surface area contributed by atoms with E-state index in [1.165, 1.54) is 11.3 Å². The molecule has 1 N–H and O–H groups in total. The van der Waals surface area contributed by atoms with Gasteiger partial charge in [0.15, 0.2) is 6.61 Å². The molecule has 0 radical (unpaired) electrons. The summed E-state index contributed by atoms with van der Waals surface area (Å²) >= 11 is 1.32. The van der Waals surface area contributed by atoms with Crippen LogP contribution in [0.5, 0.6) is 0 Å². The number of esters is 1. The van der Waals surface area contributed by atoms with Gasteiger partial charge in [0.25, 0.3) is 5.91 Å². The van der Waals surface area contributed by atoms with E-state index in [2.05, 4.69) is 5.32 Å². The molecular formula is C13H19NO3S. The third-order valence-electron chi connectivity index (χ3n) is 2.77. The molecule has 1 amide bonds. The molecule has 1 atom stereocenters. The summed E-state index contributed by atoms with van der Waals surface area (Å²) in [5, 5.41) is 4.61. The molecule has 1 heterocycles. The number of rotatable bonds is 5. The number of amides is 1. The predicted molar refractivity (Wildman–Crippen MR) is 71.8 cm³/mol. The van der Waals surface area contributed by atoms with E-state index in [1.807, 2.05) is 39.1 Å². The molecule has 18 heavy (non-hydrogen) atoms. The van der Waals surface area contributed by atoms with Crippen LogP contribution in [0, 0.1) is 12.8 Å². The number of carbonyl (C=O) groups excluding carboxylic acids is 2. The minimum absolute atomic E-state index is 0.0691. The number of carbonyl (C=O) groups is 2. The highest BCUT2D eigenvalue weighted by Gasteiger charge is 2.15. The highest BCUT2D eigenvalue weighted by Crippen LogP contribution is 2.16. The Morgan fingerprint density at radius 3 is 2.56 bits per heavy atom. The second-order valence-corrected chi connectivity index (χ2v) is 5.53. The van der Waals surface area contributed by atoms with Crippen molar-refractivity contribution in [2.75, 3.05) is 6.61 Å². The zero-order valence-electron chi connectivity index (χ0n) is 11.1. The van der Waals surface area contributed by atoms with Gasteiger partial charge < -0.3 is 10.1 Å². The molecule has 100 valence electrons. The van der Waals surface area contributed by atoms with E-state index in [0.717, 1.165) is 5.56 Å². The lowest BCUT2D eigenvalue weighted by molar-refractivity contribution is -0.125. The van der Waals surface area contributed by atoms with E-state index in [-0.39, 0.29) is 18.6 Å². The standard InChI is InChI=1S/C13H19NO3S/c1-8(2)10(4)14-11(15)7-17-13(16)12-9(3)5-6-18-12/h5-6,8,10H,7H2,1-4H3,(H,14,15)/t10-/m0/s1. The summed E-state index contributed by atoms with van der Waals surface area (Å²) in [5.41, 5.74) is 0.876. The average molecular weight is 269 g/mol. The summed E-state index contributed by atoms with van der Waals surface area (Å²) < 4.78 is 4.97. The summed E-state index contributed by atoms with van der Waals surface area (Å²) in [5.74, 6) is -0.349. The maximum atomic E-state index is 11.7. The summed E-state index contributed by atoms with van der Waals surface area (Å²) in [6.45, 7) is 7.58. The summed E-state index contributed by atoms with van der Waals surface area (Å²) in [7, 11) is 0. The average Bonchev–Trinajstić information content (AvgIpc) is 2.72. The molecule has 0 fully saturated rings. The Bertz CT molecular complexity index is 426. The zero-order valence-corrected chi connectivity index (χ0v) is 12.0. The lowest BCUT2D eigenvalue weighted by Crippen LogP contribution is -2.38. The molecule has 4 nitrogen and oxygen atoms in total. The van der Waals surface area contributed by atoms with Gasteiger partial charge in [-0.2, -0.15) is 0 Å². The van der Waals surface area contributed by atoms with E-state index in [9.17, 15) is 9.59 Å². The lowest BCUT2D eigenvalue weighted by atomic mass is 10.1. The fourth-order valence-electron chi connectivity index (χ4n) is 1.24. The third-order valence-corrected chi connectivity index (χ3v) is 3.77. The van der Waals surface area contributed by atoms with Crippen LogP contribution >= 0.6 is 11.3 Å². The fraction of sp³-hybridized carbons (Fsp3) is 0.538. The molecule has 0 aliphatic rings. The molecule has 0 aliphatic carbocycles. The number of thiophene rings is 1. The van der Waals surface area contributed by atoms with Crippen LogP contribution in [0.25, 0.3) is 0 Å². The van der Waals surface area contributed by atoms with Gasteiger partial charge in [0.2, 0.25) is 0 Å². The third kappa shape index (κ3) is 4.14. The first kappa shape index (κ1) is 14.7. The van der Waals surface area contributed by atoms with Crippen molar-refractivity contribution in [1.82, 2.24) is 5.32 Å². The van der Waals surface area contributed by atoms with Gasteiger partial charge in [0, 0.05) is 6.04 Å². The summed E-state index contributed by atoms with van der Waals surface area (Å²) in [4.78, 5) is 23.7. The second kappa shape index (κ2) is 6.54. The van der Waals surface area contributed by atoms with Crippen LogP contribution in [-0.4, -0.2) is 24.5 Å². The largest absolute Gasteiger partial charge is 0.451 e. The molecule has 0 saturated carbocycles. The number of hydrogen-bond donors (Lipinski definition) is 1. The molecule has 1 rings (SSSR count). The van der Waals surface area contributed by atoms with Crippen LogP contribution in [0.4, 0.5) is 0 Å². The van der Waals surface area contributed by atoms with E-state index < -0.39 is 5.97 Å². The molecule has 0 spiro atoms. The fourth-order valence-corrected chi connectivity index (χ4v) is 2.06. The molecule has 5 heteroatoms. The lowest BCUT2D eigenvalue weighted by Gasteiger charge is -2.17. The Hall–Kier alpha value is -1.36. The van der Waals surface area contributed by atoms with Gasteiger partial charge in [-0.3, -0.25) is 4.79 Å². The van der Waals surface area contributed by atoms with Gasteiger partial charge in [-0.15, -0.1) is 11.3 Å². The molecule has 1 aromatic heterocycles. The Morgan fingerprint density at radius 2 is 2.06 bits per heavy atom. The first-order valence-corrected chi connectivity index (χ1v) is 6.80. The molecule has 0 aromatic carbocycles. The van der Waals surface area contributed by atoms with Gasteiger partial charge in [-0.1, -0.05) is 13.8 Å². The number of nitrogens with one attached hydrogen (secondary N) is 1. The minimum atomic E-state index is -0.435. The summed E-state index contributed by atoms with van der Waals surface area (Å²) in [6, 6.07) is 1.92. The Morgan fingerprint density at radius 1 is 1.39 bits per heavy atom. The Balaban J connectivity index is 2.40. The van der Waals surface area contributed by atoms with Crippen molar-refractivity contribution < 1.29 is 14.3 Å². The molecule has 0 saturated heterocycles. The van der Waals surface area contributed by atoms with Crippen molar-refractivity contribution >= 4 is 23.2 Å². The molecule has 1 aromatic rings. The van der Waals surface area contributed by atoms with E-state index in [0.29, 0.717) is 10.8 Å². The number of ether oxygens (including phenoxy) is 1. The van der Waals surface area contributed by atoms with E-state index in [1.54, 1.807) is 0 Å². The quantitative estimate of drug-likeness (QED) is 0.835. The van der Waals surface area contributed by atoms with Crippen molar-refractivity contribution in [3.63, 3.8) is 0 Å². The molecular weight excluding hydrogens is 250 g/mol. The molecule has 0 aliphatic heterocycles. The first-order chi connectivity index (χ1) is 8.41. The highest BCUT2D eigenvalue weighted by molar-refractivity contribution is 7.12. The Kier molecular flexibility index (Phi) is 5.34.